The van der Waals surface area contributed by atoms with Crippen LogP contribution < -0.4 is 0 Å². The Balaban J connectivity index is 5.05. The highest BCUT2D eigenvalue weighted by Gasteiger charge is 2.33. The van der Waals surface area contributed by atoms with E-state index in [1.54, 1.807) is 0 Å². The molecule has 8 heteroatoms. The summed E-state index contributed by atoms with van der Waals surface area (Å²) >= 11 is 0. The third-order valence-corrected chi connectivity index (χ3v) is 4.45. The summed E-state index contributed by atoms with van der Waals surface area (Å²) in [7, 11) is -9.42. The quantitative estimate of drug-likeness (QED) is 0.600. The van der Waals surface area contributed by atoms with Gasteiger partial charge in [-0.3, -0.25) is 9.11 Å². The Kier molecular flexibility index (Phi) is 3.00. The van der Waals surface area contributed by atoms with Crippen molar-refractivity contribution in [3.8, 4) is 0 Å². The van der Waals surface area contributed by atoms with Crippen LogP contribution in [0.3, 0.4) is 0 Å². The van der Waals surface area contributed by atoms with Crippen LogP contribution in [-0.2, 0) is 20.2 Å². The number of hydrogen-bond acceptors (Lipinski definition) is 4. The lowest BCUT2D eigenvalue weighted by Gasteiger charge is -2.05. The van der Waals surface area contributed by atoms with Crippen molar-refractivity contribution >= 4 is 20.2 Å². The first kappa shape index (κ1) is 10.8. The van der Waals surface area contributed by atoms with Gasteiger partial charge in [0.05, 0.1) is 0 Å². The second-order valence-electron chi connectivity index (χ2n) is 1.87. The van der Waals surface area contributed by atoms with Gasteiger partial charge in [0.15, 0.2) is 0 Å². The molecule has 0 aromatic carbocycles. The summed E-state index contributed by atoms with van der Waals surface area (Å²) < 4.78 is 55.3. The van der Waals surface area contributed by atoms with E-state index in [4.69, 9.17) is 9.11 Å². The Morgan fingerprint density at radius 2 is 1.36 bits per heavy atom. The second-order valence-corrected chi connectivity index (χ2v) is 5.36. The van der Waals surface area contributed by atoms with Crippen LogP contribution >= 0.6 is 0 Å². The first-order valence-electron chi connectivity index (χ1n) is 2.62. The highest BCUT2D eigenvalue weighted by Crippen LogP contribution is 2.09. The summed E-state index contributed by atoms with van der Waals surface area (Å²) in [5.74, 6) is 0. The van der Waals surface area contributed by atoms with Crippen molar-refractivity contribution in [2.75, 3.05) is 0 Å². The van der Waals surface area contributed by atoms with Crippen molar-refractivity contribution < 1.29 is 25.9 Å². The normalized spacial score (nSPS) is 13.8. The second kappa shape index (κ2) is 3.05. The molecular formula is C3H8O6S2. The van der Waals surface area contributed by atoms with Gasteiger partial charge in [0.25, 0.3) is 20.2 Å². The van der Waals surface area contributed by atoms with Crippen LogP contribution in [0, 0.1) is 0 Å². The molecular weight excluding hydrogens is 196 g/mol. The molecule has 2 N–H and O–H groups in total. The maximum atomic E-state index is 10.2. The predicted octanol–water partition coefficient (Wildman–Crippen LogP) is -0.502. The zero-order valence-corrected chi connectivity index (χ0v) is 7.26. The maximum absolute atomic E-state index is 10.2. The van der Waals surface area contributed by atoms with Gasteiger partial charge in [-0.1, -0.05) is 6.92 Å². The summed E-state index contributed by atoms with van der Waals surface area (Å²) in [5.41, 5.74) is 0. The molecule has 11 heavy (non-hydrogen) atoms. The molecule has 0 aromatic rings. The fraction of sp³-hybridized carbons (Fsp3) is 1.00. The standard InChI is InChI=1S/C3H8O6S2/c1-2-3(10(4,5)6)11(7,8)9/h3H,2H2,1H3,(H,4,5,6)(H,7,8,9). The van der Waals surface area contributed by atoms with Gasteiger partial charge in [-0.05, 0) is 6.42 Å². The first-order valence-corrected chi connectivity index (χ1v) is 5.63. The van der Waals surface area contributed by atoms with Crippen LogP contribution in [0.4, 0.5) is 0 Å². The van der Waals surface area contributed by atoms with E-state index in [2.05, 4.69) is 0 Å². The fourth-order valence-electron chi connectivity index (χ4n) is 0.575. The number of hydrogen-bond donors (Lipinski definition) is 2. The smallest absolute Gasteiger partial charge is 0.284 e. The largest absolute Gasteiger partial charge is 0.284 e. The average molecular weight is 204 g/mol. The minimum atomic E-state index is -4.71. The molecule has 0 unspecified atom stereocenters. The minimum Gasteiger partial charge on any atom is -0.284 e. The lowest BCUT2D eigenvalue weighted by molar-refractivity contribution is 0.453. The molecule has 6 nitrogen and oxygen atoms in total. The van der Waals surface area contributed by atoms with Gasteiger partial charge in [0.2, 0.25) is 4.58 Å². The highest BCUT2D eigenvalue weighted by molar-refractivity contribution is 8.03. The molecule has 0 aromatic heterocycles. The summed E-state index contributed by atoms with van der Waals surface area (Å²) in [4.78, 5) is 0. The van der Waals surface area contributed by atoms with Crippen molar-refractivity contribution in [1.82, 2.24) is 0 Å². The van der Waals surface area contributed by atoms with E-state index in [0.717, 1.165) is 0 Å². The molecule has 0 bridgehead atoms. The van der Waals surface area contributed by atoms with Gasteiger partial charge in [-0.15, -0.1) is 0 Å². The zero-order valence-electron chi connectivity index (χ0n) is 5.63. The van der Waals surface area contributed by atoms with Crippen molar-refractivity contribution in [3.63, 3.8) is 0 Å². The molecule has 0 saturated heterocycles. The molecule has 0 atom stereocenters. The van der Waals surface area contributed by atoms with Crippen LogP contribution in [0.1, 0.15) is 13.3 Å². The first-order chi connectivity index (χ1) is 4.69. The lowest BCUT2D eigenvalue weighted by Crippen LogP contribution is -2.28. The molecule has 0 aliphatic rings. The van der Waals surface area contributed by atoms with E-state index in [-0.39, 0.29) is 0 Å². The maximum Gasteiger partial charge on any atom is 0.284 e. The molecule has 0 amide bonds. The lowest BCUT2D eigenvalue weighted by atomic mass is 10.6. The van der Waals surface area contributed by atoms with Crippen LogP contribution in [0.25, 0.3) is 0 Å². The zero-order chi connectivity index (χ0) is 9.28. The molecule has 0 rings (SSSR count). The molecule has 0 aliphatic heterocycles. The van der Waals surface area contributed by atoms with Gasteiger partial charge in [0.1, 0.15) is 0 Å². The molecule has 0 aliphatic carbocycles. The van der Waals surface area contributed by atoms with Crippen molar-refractivity contribution in [3.05, 3.63) is 0 Å². The van der Waals surface area contributed by atoms with Crippen LogP contribution in [0.2, 0.25) is 0 Å². The van der Waals surface area contributed by atoms with Gasteiger partial charge >= 0.3 is 0 Å². The molecule has 0 saturated carbocycles. The SMILES string of the molecule is CCC(S(=O)(=O)O)S(=O)(=O)O. The van der Waals surface area contributed by atoms with E-state index < -0.39 is 31.2 Å². The van der Waals surface area contributed by atoms with Crippen molar-refractivity contribution in [2.24, 2.45) is 0 Å². The van der Waals surface area contributed by atoms with Crippen LogP contribution in [0.15, 0.2) is 0 Å². The van der Waals surface area contributed by atoms with E-state index in [1.807, 2.05) is 0 Å². The minimum absolute atomic E-state index is 0.391. The predicted molar refractivity (Wildman–Crippen MR) is 37.2 cm³/mol. The van der Waals surface area contributed by atoms with E-state index >= 15 is 0 Å². The Morgan fingerprint density at radius 1 is 1.09 bits per heavy atom. The Labute approximate surface area is 64.7 Å². The molecule has 0 spiro atoms. The topological polar surface area (TPSA) is 109 Å². The van der Waals surface area contributed by atoms with Gasteiger partial charge in [-0.25, -0.2) is 0 Å². The third kappa shape index (κ3) is 3.14. The van der Waals surface area contributed by atoms with Gasteiger partial charge in [-0.2, -0.15) is 16.8 Å². The summed E-state index contributed by atoms with van der Waals surface area (Å²) in [6, 6.07) is 0. The Bertz CT molecular complexity index is 278. The Morgan fingerprint density at radius 3 is 1.36 bits per heavy atom. The van der Waals surface area contributed by atoms with Crippen molar-refractivity contribution in [1.29, 1.82) is 0 Å². The van der Waals surface area contributed by atoms with E-state index in [1.165, 1.54) is 6.92 Å². The average Bonchev–Trinajstić information content (AvgIpc) is 1.56. The van der Waals surface area contributed by atoms with Crippen molar-refractivity contribution in [2.45, 2.75) is 17.9 Å². The third-order valence-electron chi connectivity index (χ3n) is 0.998. The monoisotopic (exact) mass is 204 g/mol. The molecule has 0 radical (unpaired) electrons. The summed E-state index contributed by atoms with van der Waals surface area (Å²) in [6.07, 6.45) is -0.391. The summed E-state index contributed by atoms with van der Waals surface area (Å²) in [6.45, 7) is 1.21. The molecule has 0 fully saturated rings. The van der Waals surface area contributed by atoms with Gasteiger partial charge in [0, 0.05) is 0 Å². The van der Waals surface area contributed by atoms with E-state index in [9.17, 15) is 16.8 Å². The summed E-state index contributed by atoms with van der Waals surface area (Å²) in [5, 5.41) is 0. The molecule has 0 heterocycles. The van der Waals surface area contributed by atoms with Gasteiger partial charge < -0.3 is 0 Å². The highest BCUT2D eigenvalue weighted by atomic mass is 32.3. The van der Waals surface area contributed by atoms with Crippen LogP contribution in [0.5, 0.6) is 0 Å². The Hall–Kier alpha value is -0.180. The van der Waals surface area contributed by atoms with Crippen LogP contribution in [-0.4, -0.2) is 30.5 Å². The number of rotatable bonds is 3. The molecule has 68 valence electrons. The fourth-order valence-corrected chi connectivity index (χ4v) is 2.65. The van der Waals surface area contributed by atoms with E-state index in [0.29, 0.717) is 0 Å².